The number of unbranched alkanes of at least 4 members (excludes halogenated alkanes) is 2. The first kappa shape index (κ1) is 18.0. The van der Waals surface area contributed by atoms with Crippen LogP contribution in [0.2, 0.25) is 0 Å². The highest BCUT2D eigenvalue weighted by atomic mass is 32.2. The fourth-order valence-corrected chi connectivity index (χ4v) is 3.45. The number of nitrogens with two attached hydrogens (primary N) is 1. The summed E-state index contributed by atoms with van der Waals surface area (Å²) in [5.41, 5.74) is 6.21. The molecule has 0 aromatic heterocycles. The van der Waals surface area contributed by atoms with Crippen LogP contribution in [0, 0.1) is 0 Å². The number of nitrogens with one attached hydrogen (secondary N) is 1. The molecule has 0 bridgehead atoms. The van der Waals surface area contributed by atoms with Crippen LogP contribution in [0.3, 0.4) is 0 Å². The van der Waals surface area contributed by atoms with Gasteiger partial charge in [0.15, 0.2) is 0 Å². The van der Waals surface area contributed by atoms with E-state index in [4.69, 9.17) is 5.73 Å². The number of hydrogen-bond acceptors (Lipinski definition) is 4. The van der Waals surface area contributed by atoms with Crippen molar-refractivity contribution in [3.05, 3.63) is 29.8 Å². The van der Waals surface area contributed by atoms with Crippen molar-refractivity contribution in [3.63, 3.8) is 0 Å². The highest BCUT2D eigenvalue weighted by molar-refractivity contribution is 7.89. The molecule has 3 N–H and O–H groups in total. The van der Waals surface area contributed by atoms with E-state index < -0.39 is 22.0 Å². The van der Waals surface area contributed by atoms with E-state index in [0.29, 0.717) is 0 Å². The Labute approximate surface area is 131 Å². The predicted molar refractivity (Wildman–Crippen MR) is 86.8 cm³/mol. The molecule has 0 radical (unpaired) electrons. The number of benzene rings is 1. The van der Waals surface area contributed by atoms with Crippen molar-refractivity contribution in [2.75, 3.05) is 5.75 Å². The number of thiol groups is 1. The molecule has 1 aromatic rings. The van der Waals surface area contributed by atoms with Gasteiger partial charge in [-0.1, -0.05) is 31.9 Å². The van der Waals surface area contributed by atoms with Crippen molar-refractivity contribution in [2.24, 2.45) is 5.73 Å². The molecule has 0 saturated heterocycles. The summed E-state index contributed by atoms with van der Waals surface area (Å²) in [6.45, 7) is 2.14. The summed E-state index contributed by atoms with van der Waals surface area (Å²) in [7, 11) is -3.76. The predicted octanol–water partition coefficient (Wildman–Crippen LogP) is 1.48. The molecule has 1 amide bonds. The molecule has 5 nitrogen and oxygen atoms in total. The zero-order valence-corrected chi connectivity index (χ0v) is 13.8. The Morgan fingerprint density at radius 3 is 2.38 bits per heavy atom. The van der Waals surface area contributed by atoms with E-state index in [1.165, 1.54) is 0 Å². The Balaban J connectivity index is 2.77. The summed E-state index contributed by atoms with van der Waals surface area (Å²) >= 11 is 3.92. The van der Waals surface area contributed by atoms with Gasteiger partial charge in [0.2, 0.25) is 15.9 Å². The van der Waals surface area contributed by atoms with Gasteiger partial charge >= 0.3 is 0 Å². The fourth-order valence-electron chi connectivity index (χ4n) is 1.86. The minimum absolute atomic E-state index is 0.0175. The van der Waals surface area contributed by atoms with Crippen molar-refractivity contribution in [2.45, 2.75) is 43.5 Å². The monoisotopic (exact) mass is 330 g/mol. The van der Waals surface area contributed by atoms with E-state index in [9.17, 15) is 13.2 Å². The molecule has 1 atom stereocenters. The van der Waals surface area contributed by atoms with Crippen LogP contribution in [-0.4, -0.2) is 26.1 Å². The zero-order chi connectivity index (χ0) is 15.9. The Morgan fingerprint density at radius 1 is 1.29 bits per heavy atom. The summed E-state index contributed by atoms with van der Waals surface area (Å²) in [6.07, 6.45) is 4.32. The van der Waals surface area contributed by atoms with Crippen molar-refractivity contribution >= 4 is 28.6 Å². The summed E-state index contributed by atoms with van der Waals surface area (Å²) < 4.78 is 26.5. The molecule has 0 aliphatic rings. The Morgan fingerprint density at radius 2 is 1.90 bits per heavy atom. The Bertz CT molecular complexity index is 556. The summed E-state index contributed by atoms with van der Waals surface area (Å²) in [5.74, 6) is -0.728. The lowest BCUT2D eigenvalue weighted by atomic mass is 10.1. The minimum Gasteiger partial charge on any atom is -0.368 e. The molecule has 0 heterocycles. The first-order valence-electron chi connectivity index (χ1n) is 6.92. The van der Waals surface area contributed by atoms with Crippen molar-refractivity contribution < 1.29 is 13.2 Å². The van der Waals surface area contributed by atoms with E-state index in [1.807, 2.05) is 0 Å². The number of hydrogen-bond donors (Lipinski definition) is 3. The summed E-state index contributed by atoms with van der Waals surface area (Å²) in [4.78, 5) is 11.2. The van der Waals surface area contributed by atoms with Crippen LogP contribution < -0.4 is 10.5 Å². The normalized spacial score (nSPS) is 13.0. The third kappa shape index (κ3) is 5.68. The molecule has 0 aliphatic heterocycles. The average molecular weight is 330 g/mol. The van der Waals surface area contributed by atoms with Crippen LogP contribution in [-0.2, 0) is 21.2 Å². The maximum Gasteiger partial charge on any atom is 0.241 e. The van der Waals surface area contributed by atoms with Crippen LogP contribution in [0.1, 0.15) is 31.7 Å². The standard InChI is InChI=1S/C14H22N2O3S2/c1-2-3-4-5-11-6-8-12(9-7-11)21(18,19)16-13(10-20)14(15)17/h6-9,13,16,20H,2-5,10H2,1H3,(H2,15,17)/t13-/m0/s1. The lowest BCUT2D eigenvalue weighted by Gasteiger charge is -2.13. The molecule has 0 fully saturated rings. The molecular formula is C14H22N2O3S2. The van der Waals surface area contributed by atoms with Crippen molar-refractivity contribution in [1.82, 2.24) is 4.72 Å². The molecule has 0 aliphatic carbocycles. The molecule has 118 valence electrons. The number of aryl methyl sites for hydroxylation is 1. The van der Waals surface area contributed by atoms with Crippen LogP contribution in [0.25, 0.3) is 0 Å². The second-order valence-corrected chi connectivity index (χ2v) is 6.94. The number of primary amides is 1. The number of carbonyl (C=O) groups excluding carboxylic acids is 1. The van der Waals surface area contributed by atoms with Gasteiger partial charge in [-0.2, -0.15) is 17.4 Å². The van der Waals surface area contributed by atoms with Gasteiger partial charge in [-0.3, -0.25) is 4.79 Å². The maximum absolute atomic E-state index is 12.1. The largest absolute Gasteiger partial charge is 0.368 e. The third-order valence-corrected chi connectivity index (χ3v) is 4.98. The van der Waals surface area contributed by atoms with Crippen LogP contribution >= 0.6 is 12.6 Å². The molecule has 0 spiro atoms. The summed E-state index contributed by atoms with van der Waals surface area (Å²) in [6, 6.07) is 5.66. The molecular weight excluding hydrogens is 308 g/mol. The second kappa shape index (κ2) is 8.41. The maximum atomic E-state index is 12.1. The third-order valence-electron chi connectivity index (χ3n) is 3.13. The zero-order valence-electron chi connectivity index (χ0n) is 12.1. The Kier molecular flexibility index (Phi) is 7.21. The van der Waals surface area contributed by atoms with Gasteiger partial charge < -0.3 is 5.73 Å². The van der Waals surface area contributed by atoms with Gasteiger partial charge in [0, 0.05) is 5.75 Å². The van der Waals surface area contributed by atoms with E-state index in [-0.39, 0.29) is 10.6 Å². The van der Waals surface area contributed by atoms with Gasteiger partial charge in [0.25, 0.3) is 0 Å². The molecule has 0 unspecified atom stereocenters. The Hall–Kier alpha value is -1.05. The van der Waals surface area contributed by atoms with Gasteiger partial charge in [-0.15, -0.1) is 0 Å². The lowest BCUT2D eigenvalue weighted by molar-refractivity contribution is -0.119. The number of sulfonamides is 1. The van der Waals surface area contributed by atoms with E-state index >= 15 is 0 Å². The van der Waals surface area contributed by atoms with Crippen LogP contribution in [0.15, 0.2) is 29.2 Å². The smallest absolute Gasteiger partial charge is 0.241 e. The lowest BCUT2D eigenvalue weighted by Crippen LogP contribution is -2.45. The van der Waals surface area contributed by atoms with Gasteiger partial charge in [0.05, 0.1) is 4.90 Å². The first-order valence-corrected chi connectivity index (χ1v) is 9.03. The van der Waals surface area contributed by atoms with Gasteiger partial charge in [-0.05, 0) is 30.5 Å². The van der Waals surface area contributed by atoms with Crippen molar-refractivity contribution in [1.29, 1.82) is 0 Å². The van der Waals surface area contributed by atoms with Crippen LogP contribution in [0.4, 0.5) is 0 Å². The fraction of sp³-hybridized carbons (Fsp3) is 0.500. The molecule has 0 saturated carbocycles. The topological polar surface area (TPSA) is 89.3 Å². The molecule has 21 heavy (non-hydrogen) atoms. The van der Waals surface area contributed by atoms with Gasteiger partial charge in [0.1, 0.15) is 6.04 Å². The second-order valence-electron chi connectivity index (χ2n) is 4.86. The van der Waals surface area contributed by atoms with Crippen LogP contribution in [0.5, 0.6) is 0 Å². The SMILES string of the molecule is CCCCCc1ccc(S(=O)(=O)N[C@@H](CS)C(N)=O)cc1. The van der Waals surface area contributed by atoms with Crippen molar-refractivity contribution in [3.8, 4) is 0 Å². The number of amides is 1. The first-order chi connectivity index (χ1) is 9.90. The van der Waals surface area contributed by atoms with E-state index in [2.05, 4.69) is 24.3 Å². The van der Waals surface area contributed by atoms with E-state index in [0.717, 1.165) is 31.2 Å². The highest BCUT2D eigenvalue weighted by Gasteiger charge is 2.22. The number of rotatable bonds is 9. The molecule has 1 aromatic carbocycles. The van der Waals surface area contributed by atoms with Gasteiger partial charge in [-0.25, -0.2) is 8.42 Å². The number of carbonyl (C=O) groups is 1. The minimum atomic E-state index is -3.76. The highest BCUT2D eigenvalue weighted by Crippen LogP contribution is 2.13. The molecule has 1 rings (SSSR count). The summed E-state index contributed by atoms with van der Waals surface area (Å²) in [5, 5.41) is 0. The van der Waals surface area contributed by atoms with E-state index in [1.54, 1.807) is 24.3 Å². The average Bonchev–Trinajstić information content (AvgIpc) is 2.45. The molecule has 7 heteroatoms. The quantitative estimate of drug-likeness (QED) is 0.473.